The van der Waals surface area contributed by atoms with Crippen LogP contribution in [-0.2, 0) is 0 Å². The molecule has 0 saturated heterocycles. The minimum Gasteiger partial charge on any atom is -0.505 e. The summed E-state index contributed by atoms with van der Waals surface area (Å²) in [6.07, 6.45) is 0. The van der Waals surface area contributed by atoms with Crippen LogP contribution in [0.25, 0.3) is 11.4 Å². The normalized spacial score (nSPS) is 10.5. The van der Waals surface area contributed by atoms with Crippen LogP contribution >= 0.6 is 15.9 Å². The van der Waals surface area contributed by atoms with Gasteiger partial charge in [-0.2, -0.15) is 0 Å². The molecule has 0 amide bonds. The van der Waals surface area contributed by atoms with Crippen molar-refractivity contribution in [1.29, 1.82) is 0 Å². The van der Waals surface area contributed by atoms with Crippen LogP contribution < -0.4 is 5.73 Å². The minimum absolute atomic E-state index is 0.293. The second-order valence-electron chi connectivity index (χ2n) is 3.50. The second-order valence-corrected chi connectivity index (χ2v) is 4.29. The van der Waals surface area contributed by atoms with E-state index in [1.807, 2.05) is 0 Å². The van der Waals surface area contributed by atoms with E-state index in [0.29, 0.717) is 27.4 Å². The van der Waals surface area contributed by atoms with Crippen LogP contribution in [0.1, 0.15) is 5.69 Å². The monoisotopic (exact) mass is 297 g/mol. The predicted octanol–water partition coefficient (Wildman–Crippen LogP) is 2.64. The lowest BCUT2D eigenvalue weighted by Crippen LogP contribution is -2.00. The summed E-state index contributed by atoms with van der Waals surface area (Å²) in [5.41, 5.74) is 6.81. The van der Waals surface area contributed by atoms with Crippen molar-refractivity contribution < 1.29 is 9.50 Å². The molecule has 0 aliphatic heterocycles. The Bertz CT molecular complexity index is 566. The number of aryl methyl sites for hydroxylation is 1. The van der Waals surface area contributed by atoms with E-state index in [9.17, 15) is 4.39 Å². The number of nitrogens with zero attached hydrogens (tertiary/aromatic N) is 2. The van der Waals surface area contributed by atoms with E-state index in [-0.39, 0.29) is 0 Å². The van der Waals surface area contributed by atoms with Gasteiger partial charge in [0, 0.05) is 5.56 Å². The lowest BCUT2D eigenvalue weighted by atomic mass is 10.2. The molecule has 1 aromatic carbocycles. The third-order valence-electron chi connectivity index (χ3n) is 2.25. The van der Waals surface area contributed by atoms with E-state index in [2.05, 4.69) is 25.9 Å². The highest BCUT2D eigenvalue weighted by Crippen LogP contribution is 2.26. The highest BCUT2D eigenvalue weighted by molar-refractivity contribution is 9.10. The Morgan fingerprint density at radius 3 is 2.65 bits per heavy atom. The van der Waals surface area contributed by atoms with Crippen LogP contribution in [0.3, 0.4) is 0 Å². The van der Waals surface area contributed by atoms with E-state index >= 15 is 0 Å². The fraction of sp³-hybridized carbons (Fsp3) is 0.0909. The Morgan fingerprint density at radius 2 is 2.06 bits per heavy atom. The first kappa shape index (κ1) is 11.8. The molecule has 6 heteroatoms. The number of aromatic nitrogens is 2. The van der Waals surface area contributed by atoms with Crippen LogP contribution in [0.15, 0.2) is 22.7 Å². The largest absolute Gasteiger partial charge is 0.505 e. The molecule has 17 heavy (non-hydrogen) atoms. The molecule has 88 valence electrons. The van der Waals surface area contributed by atoms with Crippen LogP contribution in [0.4, 0.5) is 10.2 Å². The molecule has 0 aliphatic carbocycles. The fourth-order valence-electron chi connectivity index (χ4n) is 1.36. The van der Waals surface area contributed by atoms with Gasteiger partial charge in [-0.05, 0) is 41.1 Å². The van der Waals surface area contributed by atoms with E-state index in [4.69, 9.17) is 10.8 Å². The Balaban J connectivity index is 2.57. The van der Waals surface area contributed by atoms with Gasteiger partial charge in [-0.25, -0.2) is 14.4 Å². The minimum atomic E-state index is -0.717. The van der Waals surface area contributed by atoms with Gasteiger partial charge >= 0.3 is 0 Å². The van der Waals surface area contributed by atoms with Crippen molar-refractivity contribution in [2.45, 2.75) is 6.92 Å². The van der Waals surface area contributed by atoms with Crippen LogP contribution in [0.2, 0.25) is 0 Å². The zero-order valence-corrected chi connectivity index (χ0v) is 10.5. The fourth-order valence-corrected chi connectivity index (χ4v) is 1.53. The maximum atomic E-state index is 13.2. The van der Waals surface area contributed by atoms with E-state index in [0.717, 1.165) is 6.07 Å². The summed E-state index contributed by atoms with van der Waals surface area (Å²) in [5, 5.41) is 9.10. The third-order valence-corrected chi connectivity index (χ3v) is 3.23. The average molecular weight is 298 g/mol. The quantitative estimate of drug-likeness (QED) is 0.849. The molecular formula is C11H9BrFN3O. The zero-order valence-electron chi connectivity index (χ0n) is 8.91. The van der Waals surface area contributed by atoms with E-state index in [1.54, 1.807) is 6.92 Å². The number of aromatic hydroxyl groups is 1. The topological polar surface area (TPSA) is 72.0 Å². The zero-order chi connectivity index (χ0) is 12.6. The molecule has 3 N–H and O–H groups in total. The van der Waals surface area contributed by atoms with Crippen LogP contribution in [0.5, 0.6) is 5.75 Å². The van der Waals surface area contributed by atoms with Crippen molar-refractivity contribution >= 4 is 21.7 Å². The summed E-state index contributed by atoms with van der Waals surface area (Å²) in [5.74, 6) is -0.510. The van der Waals surface area contributed by atoms with E-state index in [1.165, 1.54) is 12.1 Å². The van der Waals surface area contributed by atoms with Gasteiger partial charge in [-0.3, -0.25) is 0 Å². The average Bonchev–Trinajstić information content (AvgIpc) is 2.29. The van der Waals surface area contributed by atoms with Crippen molar-refractivity contribution in [3.8, 4) is 17.1 Å². The van der Waals surface area contributed by atoms with Gasteiger partial charge in [0.05, 0.1) is 10.2 Å². The highest BCUT2D eigenvalue weighted by atomic mass is 79.9. The summed E-state index contributed by atoms with van der Waals surface area (Å²) in [6.45, 7) is 1.77. The van der Waals surface area contributed by atoms with Gasteiger partial charge in [-0.15, -0.1) is 0 Å². The first-order valence-corrected chi connectivity index (χ1v) is 5.57. The molecule has 0 radical (unpaired) electrons. The molecule has 2 aromatic rings. The first-order chi connectivity index (χ1) is 7.99. The Hall–Kier alpha value is -1.69. The van der Waals surface area contributed by atoms with Crippen LogP contribution in [0, 0.1) is 12.7 Å². The number of nitrogen functional groups attached to an aromatic ring is 1. The maximum Gasteiger partial charge on any atom is 0.165 e. The molecule has 0 unspecified atom stereocenters. The number of anilines is 1. The molecule has 0 fully saturated rings. The molecule has 0 spiro atoms. The van der Waals surface area contributed by atoms with Crippen molar-refractivity contribution in [3.63, 3.8) is 0 Å². The highest BCUT2D eigenvalue weighted by Gasteiger charge is 2.10. The maximum absolute atomic E-state index is 13.2. The number of benzene rings is 1. The Kier molecular flexibility index (Phi) is 2.97. The summed E-state index contributed by atoms with van der Waals surface area (Å²) in [6, 6.07) is 3.94. The Labute approximate surface area is 105 Å². The molecule has 1 heterocycles. The molecule has 2 rings (SSSR count). The van der Waals surface area contributed by atoms with Gasteiger partial charge in [0.15, 0.2) is 17.4 Å². The number of phenolic OH excluding ortho intramolecular Hbond substituents is 1. The van der Waals surface area contributed by atoms with Gasteiger partial charge in [0.25, 0.3) is 0 Å². The number of halogens is 2. The lowest BCUT2D eigenvalue weighted by molar-refractivity contribution is 0.432. The molecule has 0 aliphatic rings. The third kappa shape index (κ3) is 2.21. The summed E-state index contributed by atoms with van der Waals surface area (Å²) in [4.78, 5) is 8.23. The molecule has 1 aromatic heterocycles. The van der Waals surface area contributed by atoms with Crippen molar-refractivity contribution in [3.05, 3.63) is 34.2 Å². The standard InChI is InChI=1S/C11H9BrFN3O/c1-5-9(12)10(14)16-11(15-5)6-2-3-8(17)7(13)4-6/h2-4,17H,1H3,(H2,14,15,16). The van der Waals surface area contributed by atoms with Gasteiger partial charge in [0.2, 0.25) is 0 Å². The lowest BCUT2D eigenvalue weighted by Gasteiger charge is -2.06. The number of phenols is 1. The van der Waals surface area contributed by atoms with Gasteiger partial charge < -0.3 is 10.8 Å². The predicted molar refractivity (Wildman–Crippen MR) is 65.9 cm³/mol. The van der Waals surface area contributed by atoms with Crippen molar-refractivity contribution in [1.82, 2.24) is 9.97 Å². The first-order valence-electron chi connectivity index (χ1n) is 4.77. The van der Waals surface area contributed by atoms with Gasteiger partial charge in [0.1, 0.15) is 5.82 Å². The second kappa shape index (κ2) is 4.29. The molecule has 0 saturated carbocycles. The summed E-state index contributed by atoms with van der Waals surface area (Å²) < 4.78 is 13.8. The molecular weight excluding hydrogens is 289 g/mol. The van der Waals surface area contributed by atoms with E-state index < -0.39 is 11.6 Å². The molecule has 0 bridgehead atoms. The summed E-state index contributed by atoms with van der Waals surface area (Å²) >= 11 is 3.25. The molecule has 0 atom stereocenters. The van der Waals surface area contributed by atoms with Gasteiger partial charge in [-0.1, -0.05) is 0 Å². The van der Waals surface area contributed by atoms with Crippen LogP contribution in [-0.4, -0.2) is 15.1 Å². The Morgan fingerprint density at radius 1 is 1.35 bits per heavy atom. The number of hydrogen-bond acceptors (Lipinski definition) is 4. The molecule has 4 nitrogen and oxygen atoms in total. The summed E-state index contributed by atoms with van der Waals surface area (Å²) in [7, 11) is 0. The number of nitrogens with two attached hydrogens (primary N) is 1. The number of rotatable bonds is 1. The van der Waals surface area contributed by atoms with Crippen molar-refractivity contribution in [2.24, 2.45) is 0 Å². The van der Waals surface area contributed by atoms with Crippen molar-refractivity contribution in [2.75, 3.05) is 5.73 Å². The SMILES string of the molecule is Cc1nc(-c2ccc(O)c(F)c2)nc(N)c1Br. The smallest absolute Gasteiger partial charge is 0.165 e. The number of hydrogen-bond donors (Lipinski definition) is 2.